The number of rotatable bonds is 3. The van der Waals surface area contributed by atoms with Gasteiger partial charge in [-0.3, -0.25) is 4.90 Å². The van der Waals surface area contributed by atoms with Gasteiger partial charge in [0.15, 0.2) is 11.6 Å². The van der Waals surface area contributed by atoms with E-state index >= 15 is 0 Å². The second-order valence-corrected chi connectivity index (χ2v) is 4.88. The number of hydrogen-bond donors (Lipinski definition) is 2. The van der Waals surface area contributed by atoms with Gasteiger partial charge in [0.05, 0.1) is 12.3 Å². The number of benzene rings is 1. The van der Waals surface area contributed by atoms with E-state index in [2.05, 4.69) is 10.2 Å². The van der Waals surface area contributed by atoms with Gasteiger partial charge in [-0.2, -0.15) is 0 Å². The predicted octanol–water partition coefficient (Wildman–Crippen LogP) is 2.54. The average Bonchev–Trinajstić information content (AvgIpc) is 2.99. The van der Waals surface area contributed by atoms with Gasteiger partial charge in [-0.05, 0) is 18.2 Å². The van der Waals surface area contributed by atoms with E-state index in [4.69, 9.17) is 4.42 Å². The third-order valence-electron chi connectivity index (χ3n) is 3.64. The zero-order valence-electron chi connectivity index (χ0n) is 11.5. The Balaban J connectivity index is 0.00000161. The summed E-state index contributed by atoms with van der Waals surface area (Å²) >= 11 is 0. The van der Waals surface area contributed by atoms with Crippen LogP contribution in [0.5, 0.6) is 5.75 Å². The number of halogens is 2. The molecule has 1 aliphatic heterocycles. The average molecular weight is 313 g/mol. The molecular formula is C15H18ClFN2O2. The first-order valence-electron chi connectivity index (χ1n) is 6.73. The molecule has 1 aromatic heterocycles. The molecule has 2 aromatic rings. The Morgan fingerprint density at radius 1 is 1.19 bits per heavy atom. The second-order valence-electron chi connectivity index (χ2n) is 4.88. The summed E-state index contributed by atoms with van der Waals surface area (Å²) < 4.78 is 19.1. The van der Waals surface area contributed by atoms with Crippen LogP contribution in [0.1, 0.15) is 17.4 Å². The summed E-state index contributed by atoms with van der Waals surface area (Å²) in [5.74, 6) is -0.186. The van der Waals surface area contributed by atoms with Crippen molar-refractivity contribution in [2.24, 2.45) is 0 Å². The zero-order chi connectivity index (χ0) is 13.9. The minimum Gasteiger partial charge on any atom is -0.505 e. The van der Waals surface area contributed by atoms with Crippen LogP contribution >= 0.6 is 12.4 Å². The molecule has 114 valence electrons. The van der Waals surface area contributed by atoms with E-state index in [1.807, 2.05) is 6.07 Å². The van der Waals surface area contributed by atoms with Crippen LogP contribution in [-0.2, 0) is 0 Å². The van der Waals surface area contributed by atoms with Gasteiger partial charge in [-0.15, -0.1) is 12.4 Å². The van der Waals surface area contributed by atoms with Gasteiger partial charge in [0.1, 0.15) is 5.76 Å². The molecule has 0 saturated carbocycles. The van der Waals surface area contributed by atoms with Crippen molar-refractivity contribution in [3.8, 4) is 5.75 Å². The Morgan fingerprint density at radius 3 is 2.62 bits per heavy atom. The highest BCUT2D eigenvalue weighted by atomic mass is 35.5. The molecule has 2 heterocycles. The summed E-state index contributed by atoms with van der Waals surface area (Å²) in [5.41, 5.74) is 0.543. The predicted molar refractivity (Wildman–Crippen MR) is 80.3 cm³/mol. The molecule has 1 saturated heterocycles. The van der Waals surface area contributed by atoms with Crippen molar-refractivity contribution in [1.82, 2.24) is 10.2 Å². The van der Waals surface area contributed by atoms with E-state index < -0.39 is 5.82 Å². The van der Waals surface area contributed by atoms with E-state index in [9.17, 15) is 9.50 Å². The number of aromatic hydroxyl groups is 1. The second kappa shape index (κ2) is 6.93. The van der Waals surface area contributed by atoms with E-state index in [1.54, 1.807) is 24.5 Å². The molecule has 1 fully saturated rings. The molecule has 0 unspecified atom stereocenters. The summed E-state index contributed by atoms with van der Waals surface area (Å²) in [7, 11) is 0. The highest BCUT2D eigenvalue weighted by molar-refractivity contribution is 5.85. The third kappa shape index (κ3) is 3.20. The van der Waals surface area contributed by atoms with E-state index in [1.165, 1.54) is 6.07 Å². The minimum atomic E-state index is -0.603. The zero-order valence-corrected chi connectivity index (χ0v) is 12.3. The SMILES string of the molecule is Cl.Oc1c(F)cccc1[C@@H](c1ccco1)N1CCNCC1. The summed E-state index contributed by atoms with van der Waals surface area (Å²) in [4.78, 5) is 2.18. The molecule has 0 amide bonds. The fourth-order valence-electron chi connectivity index (χ4n) is 2.67. The Kier molecular flexibility index (Phi) is 5.22. The van der Waals surface area contributed by atoms with E-state index in [0.717, 1.165) is 26.2 Å². The molecule has 3 rings (SSSR count). The Morgan fingerprint density at radius 2 is 1.95 bits per heavy atom. The summed E-state index contributed by atoms with van der Waals surface area (Å²) in [6.45, 7) is 3.38. The Hall–Kier alpha value is -1.56. The fourth-order valence-corrected chi connectivity index (χ4v) is 2.67. The number of phenolic OH excluding ortho intramolecular Hbond substituents is 1. The molecule has 1 aliphatic rings. The van der Waals surface area contributed by atoms with Crippen LogP contribution in [-0.4, -0.2) is 36.2 Å². The van der Waals surface area contributed by atoms with E-state index in [-0.39, 0.29) is 24.2 Å². The van der Waals surface area contributed by atoms with Gasteiger partial charge in [0, 0.05) is 31.7 Å². The maximum Gasteiger partial charge on any atom is 0.165 e. The lowest BCUT2D eigenvalue weighted by Gasteiger charge is -2.34. The van der Waals surface area contributed by atoms with Crippen molar-refractivity contribution in [2.45, 2.75) is 6.04 Å². The molecular weight excluding hydrogens is 295 g/mol. The van der Waals surface area contributed by atoms with Crippen LogP contribution < -0.4 is 5.32 Å². The van der Waals surface area contributed by atoms with Gasteiger partial charge >= 0.3 is 0 Å². The number of piperazine rings is 1. The normalized spacial score (nSPS) is 17.2. The molecule has 21 heavy (non-hydrogen) atoms. The first-order valence-corrected chi connectivity index (χ1v) is 6.73. The summed E-state index contributed by atoms with van der Waals surface area (Å²) in [5, 5.41) is 13.3. The molecule has 0 aliphatic carbocycles. The lowest BCUT2D eigenvalue weighted by Crippen LogP contribution is -2.45. The van der Waals surface area contributed by atoms with Crippen molar-refractivity contribution in [3.63, 3.8) is 0 Å². The molecule has 4 nitrogen and oxygen atoms in total. The Labute approximate surface area is 129 Å². The van der Waals surface area contributed by atoms with E-state index in [0.29, 0.717) is 11.3 Å². The monoisotopic (exact) mass is 312 g/mol. The van der Waals surface area contributed by atoms with Crippen LogP contribution in [0.2, 0.25) is 0 Å². The molecule has 0 radical (unpaired) electrons. The molecule has 1 atom stereocenters. The Bertz CT molecular complexity index is 571. The van der Waals surface area contributed by atoms with Gasteiger partial charge in [0.2, 0.25) is 0 Å². The lowest BCUT2D eigenvalue weighted by molar-refractivity contribution is 0.177. The smallest absolute Gasteiger partial charge is 0.165 e. The number of hydrogen-bond acceptors (Lipinski definition) is 4. The quantitative estimate of drug-likeness (QED) is 0.914. The van der Waals surface area contributed by atoms with Gasteiger partial charge < -0.3 is 14.8 Å². The molecule has 1 aromatic carbocycles. The van der Waals surface area contributed by atoms with Crippen molar-refractivity contribution in [1.29, 1.82) is 0 Å². The summed E-state index contributed by atoms with van der Waals surface area (Å²) in [6, 6.07) is 8.02. The van der Waals surface area contributed by atoms with Crippen molar-refractivity contribution < 1.29 is 13.9 Å². The summed E-state index contributed by atoms with van der Waals surface area (Å²) in [6.07, 6.45) is 1.60. The first kappa shape index (κ1) is 15.8. The standard InChI is InChI=1S/C15H17FN2O2.ClH/c16-12-4-1-3-11(15(12)19)14(13-5-2-10-20-13)18-8-6-17-7-9-18;/h1-5,10,14,17,19H,6-9H2;1H/t14-;/m0./s1. The van der Waals surface area contributed by atoms with Crippen LogP contribution in [0.15, 0.2) is 41.0 Å². The van der Waals surface area contributed by atoms with Crippen LogP contribution in [0.25, 0.3) is 0 Å². The van der Waals surface area contributed by atoms with Gasteiger partial charge in [0.25, 0.3) is 0 Å². The maximum atomic E-state index is 13.6. The maximum absolute atomic E-state index is 13.6. The molecule has 2 N–H and O–H groups in total. The third-order valence-corrected chi connectivity index (χ3v) is 3.64. The number of furan rings is 1. The number of nitrogens with one attached hydrogen (secondary N) is 1. The number of phenols is 1. The first-order chi connectivity index (χ1) is 9.77. The number of para-hydroxylation sites is 1. The molecule has 0 spiro atoms. The number of nitrogens with zero attached hydrogens (tertiary/aromatic N) is 1. The highest BCUT2D eigenvalue weighted by Crippen LogP contribution is 2.35. The van der Waals surface area contributed by atoms with Gasteiger partial charge in [-0.25, -0.2) is 4.39 Å². The van der Waals surface area contributed by atoms with Crippen LogP contribution in [0.4, 0.5) is 4.39 Å². The van der Waals surface area contributed by atoms with Gasteiger partial charge in [-0.1, -0.05) is 12.1 Å². The minimum absolute atomic E-state index is 0. The topological polar surface area (TPSA) is 48.6 Å². The van der Waals surface area contributed by atoms with Crippen molar-refractivity contribution >= 4 is 12.4 Å². The largest absolute Gasteiger partial charge is 0.505 e. The van der Waals surface area contributed by atoms with Crippen molar-refractivity contribution in [2.75, 3.05) is 26.2 Å². The molecule has 0 bridgehead atoms. The van der Waals surface area contributed by atoms with Crippen LogP contribution in [0.3, 0.4) is 0 Å². The van der Waals surface area contributed by atoms with Crippen LogP contribution in [0, 0.1) is 5.82 Å². The highest BCUT2D eigenvalue weighted by Gasteiger charge is 2.28. The fraction of sp³-hybridized carbons (Fsp3) is 0.333. The van der Waals surface area contributed by atoms with Crippen molar-refractivity contribution in [3.05, 3.63) is 53.7 Å². The molecule has 6 heteroatoms. The lowest BCUT2D eigenvalue weighted by atomic mass is 10.0.